The van der Waals surface area contributed by atoms with Crippen LogP contribution in [0.4, 0.5) is 8.78 Å². The fourth-order valence-electron chi connectivity index (χ4n) is 1.25. The molecule has 94 valence electrons. The van der Waals surface area contributed by atoms with E-state index in [1.54, 1.807) is 0 Å². The van der Waals surface area contributed by atoms with Gasteiger partial charge in [0.1, 0.15) is 11.6 Å². The number of amides is 1. The Labute approximate surface area is 105 Å². The Balaban J connectivity index is 2.59. The molecular weight excluding hydrogens is 244 g/mol. The van der Waals surface area contributed by atoms with Crippen LogP contribution in [0.2, 0.25) is 0 Å². The van der Waals surface area contributed by atoms with Crippen molar-refractivity contribution in [1.82, 2.24) is 5.32 Å². The molecular formula is C12H15F2NOS. The first-order chi connectivity index (χ1) is 7.91. The molecule has 0 bridgehead atoms. The highest BCUT2D eigenvalue weighted by atomic mass is 32.1. The lowest BCUT2D eigenvalue weighted by atomic mass is 10.1. The van der Waals surface area contributed by atoms with E-state index in [2.05, 4.69) is 17.9 Å². The number of nitrogens with one attached hydrogen (secondary N) is 1. The first-order valence-corrected chi connectivity index (χ1v) is 5.83. The molecule has 1 amide bonds. The quantitative estimate of drug-likeness (QED) is 0.799. The number of halogens is 2. The topological polar surface area (TPSA) is 29.1 Å². The van der Waals surface area contributed by atoms with Gasteiger partial charge in [-0.1, -0.05) is 19.9 Å². The molecule has 1 N–H and O–H groups in total. The lowest BCUT2D eigenvalue weighted by Gasteiger charge is -2.14. The number of hydrogen-bond donors (Lipinski definition) is 2. The largest absolute Gasteiger partial charge is 0.351 e. The van der Waals surface area contributed by atoms with E-state index in [-0.39, 0.29) is 23.9 Å². The normalized spacial score (nSPS) is 12.6. The van der Waals surface area contributed by atoms with Crippen molar-refractivity contribution in [2.75, 3.05) is 0 Å². The molecule has 0 aliphatic carbocycles. The molecule has 0 saturated heterocycles. The van der Waals surface area contributed by atoms with Crippen molar-refractivity contribution in [3.63, 3.8) is 0 Å². The van der Waals surface area contributed by atoms with Crippen molar-refractivity contribution in [2.45, 2.75) is 25.6 Å². The van der Waals surface area contributed by atoms with Gasteiger partial charge in [-0.2, -0.15) is 12.6 Å². The van der Waals surface area contributed by atoms with E-state index in [1.807, 2.05) is 13.8 Å². The minimum Gasteiger partial charge on any atom is -0.351 e. The summed E-state index contributed by atoms with van der Waals surface area (Å²) in [5, 5.41) is 2.13. The van der Waals surface area contributed by atoms with Crippen LogP contribution in [0.3, 0.4) is 0 Å². The zero-order chi connectivity index (χ0) is 13.0. The smallest absolute Gasteiger partial charge is 0.233 e. The summed E-state index contributed by atoms with van der Waals surface area (Å²) < 4.78 is 25.9. The van der Waals surface area contributed by atoms with Crippen LogP contribution in [0.1, 0.15) is 19.4 Å². The van der Waals surface area contributed by atoms with Crippen LogP contribution in [0.25, 0.3) is 0 Å². The van der Waals surface area contributed by atoms with Gasteiger partial charge >= 0.3 is 0 Å². The Kier molecular flexibility index (Phi) is 4.93. The number of benzene rings is 1. The number of carbonyl (C=O) groups excluding carboxylic acids is 1. The second kappa shape index (κ2) is 6.00. The fraction of sp³-hybridized carbons (Fsp3) is 0.417. The zero-order valence-electron chi connectivity index (χ0n) is 9.71. The molecule has 17 heavy (non-hydrogen) atoms. The summed E-state index contributed by atoms with van der Waals surface area (Å²) in [6.07, 6.45) is 0. The van der Waals surface area contributed by atoms with Crippen LogP contribution >= 0.6 is 12.6 Å². The van der Waals surface area contributed by atoms with E-state index < -0.39 is 16.9 Å². The molecule has 5 heteroatoms. The van der Waals surface area contributed by atoms with Gasteiger partial charge in [-0.3, -0.25) is 4.79 Å². The molecule has 0 radical (unpaired) electrons. The summed E-state index contributed by atoms with van der Waals surface area (Å²) >= 11 is 4.14. The standard InChI is InChI=1S/C12H15F2NOS/c1-7(2)11(17)12(16)15-6-8-3-4-9(13)5-10(8)14/h3-5,7,11,17H,6H2,1-2H3,(H,15,16). The molecule has 1 aromatic rings. The molecule has 1 atom stereocenters. The van der Waals surface area contributed by atoms with Crippen LogP contribution in [0.15, 0.2) is 18.2 Å². The average Bonchev–Trinajstić information content (AvgIpc) is 2.26. The van der Waals surface area contributed by atoms with Gasteiger partial charge in [-0.05, 0) is 12.0 Å². The van der Waals surface area contributed by atoms with E-state index in [1.165, 1.54) is 6.07 Å². The van der Waals surface area contributed by atoms with Gasteiger partial charge in [0.2, 0.25) is 5.91 Å². The van der Waals surface area contributed by atoms with Crippen molar-refractivity contribution in [2.24, 2.45) is 5.92 Å². The highest BCUT2D eigenvalue weighted by molar-refractivity contribution is 7.81. The van der Waals surface area contributed by atoms with Gasteiger partial charge in [0, 0.05) is 18.2 Å². The van der Waals surface area contributed by atoms with Gasteiger partial charge in [0.05, 0.1) is 5.25 Å². The first kappa shape index (κ1) is 14.0. The summed E-state index contributed by atoms with van der Waals surface area (Å²) in [4.78, 5) is 11.6. The molecule has 0 aliphatic rings. The summed E-state index contributed by atoms with van der Waals surface area (Å²) in [6.45, 7) is 3.78. The van der Waals surface area contributed by atoms with Crippen LogP contribution in [0.5, 0.6) is 0 Å². The third kappa shape index (κ3) is 4.00. The molecule has 0 saturated carbocycles. The van der Waals surface area contributed by atoms with Gasteiger partial charge < -0.3 is 5.32 Å². The molecule has 1 aromatic carbocycles. The Bertz CT molecular complexity index is 409. The molecule has 0 aliphatic heterocycles. The van der Waals surface area contributed by atoms with Crippen molar-refractivity contribution in [3.8, 4) is 0 Å². The van der Waals surface area contributed by atoms with Crippen LogP contribution in [0, 0.1) is 17.6 Å². The second-order valence-corrected chi connectivity index (χ2v) is 4.70. The molecule has 1 unspecified atom stereocenters. The van der Waals surface area contributed by atoms with Crippen LogP contribution in [-0.2, 0) is 11.3 Å². The molecule has 1 rings (SSSR count). The SMILES string of the molecule is CC(C)C(S)C(=O)NCc1ccc(F)cc1F. The Morgan fingerprint density at radius 3 is 2.59 bits per heavy atom. The maximum atomic E-state index is 13.3. The van der Waals surface area contributed by atoms with Crippen molar-refractivity contribution < 1.29 is 13.6 Å². The van der Waals surface area contributed by atoms with E-state index >= 15 is 0 Å². The minimum absolute atomic E-state index is 0.0364. The monoisotopic (exact) mass is 259 g/mol. The van der Waals surface area contributed by atoms with Gasteiger partial charge in [0.15, 0.2) is 0 Å². The second-order valence-electron chi connectivity index (χ2n) is 4.14. The number of carbonyl (C=O) groups is 1. The Morgan fingerprint density at radius 2 is 2.06 bits per heavy atom. The highest BCUT2D eigenvalue weighted by Gasteiger charge is 2.17. The summed E-state index contributed by atoms with van der Waals surface area (Å²) in [5.74, 6) is -1.46. The third-order valence-electron chi connectivity index (χ3n) is 2.37. The summed E-state index contributed by atoms with van der Waals surface area (Å²) in [7, 11) is 0. The molecule has 2 nitrogen and oxygen atoms in total. The van der Waals surface area contributed by atoms with Crippen LogP contribution in [-0.4, -0.2) is 11.2 Å². The molecule has 0 heterocycles. The fourth-order valence-corrected chi connectivity index (χ4v) is 1.35. The molecule has 0 spiro atoms. The Morgan fingerprint density at radius 1 is 1.41 bits per heavy atom. The highest BCUT2D eigenvalue weighted by Crippen LogP contribution is 2.11. The minimum atomic E-state index is -0.662. The van der Waals surface area contributed by atoms with E-state index in [9.17, 15) is 13.6 Å². The molecule has 0 aromatic heterocycles. The zero-order valence-corrected chi connectivity index (χ0v) is 10.6. The van der Waals surface area contributed by atoms with Crippen molar-refractivity contribution in [1.29, 1.82) is 0 Å². The van der Waals surface area contributed by atoms with Crippen LogP contribution < -0.4 is 5.32 Å². The number of hydrogen-bond acceptors (Lipinski definition) is 2. The van der Waals surface area contributed by atoms with Crippen molar-refractivity contribution >= 4 is 18.5 Å². The van der Waals surface area contributed by atoms with Crippen molar-refractivity contribution in [3.05, 3.63) is 35.4 Å². The van der Waals surface area contributed by atoms with E-state index in [0.717, 1.165) is 12.1 Å². The van der Waals surface area contributed by atoms with E-state index in [4.69, 9.17) is 0 Å². The Hall–Kier alpha value is -1.10. The van der Waals surface area contributed by atoms with Gasteiger partial charge in [0.25, 0.3) is 0 Å². The van der Waals surface area contributed by atoms with Gasteiger partial charge in [-0.25, -0.2) is 8.78 Å². The molecule has 0 fully saturated rings. The number of rotatable bonds is 4. The first-order valence-electron chi connectivity index (χ1n) is 5.31. The van der Waals surface area contributed by atoms with E-state index in [0.29, 0.717) is 0 Å². The average molecular weight is 259 g/mol. The maximum absolute atomic E-state index is 13.3. The van der Waals surface area contributed by atoms with Gasteiger partial charge in [-0.15, -0.1) is 0 Å². The predicted octanol–water partition coefficient (Wildman–Crippen LogP) is 2.54. The maximum Gasteiger partial charge on any atom is 0.233 e. The summed E-state index contributed by atoms with van der Waals surface area (Å²) in [5.41, 5.74) is 0.254. The third-order valence-corrected chi connectivity index (χ3v) is 3.20. The summed E-state index contributed by atoms with van der Waals surface area (Å²) in [6, 6.07) is 3.27. The predicted molar refractivity (Wildman–Crippen MR) is 65.8 cm³/mol. The lowest BCUT2D eigenvalue weighted by Crippen LogP contribution is -2.34. The lowest BCUT2D eigenvalue weighted by molar-refractivity contribution is -0.121. The number of thiol groups is 1.